The number of benzene rings is 2. The molecule has 1 fully saturated rings. The van der Waals surface area contributed by atoms with Gasteiger partial charge in [-0.2, -0.15) is 0 Å². The Morgan fingerprint density at radius 1 is 1.17 bits per heavy atom. The van der Waals surface area contributed by atoms with Crippen molar-refractivity contribution in [2.24, 2.45) is 5.92 Å². The van der Waals surface area contributed by atoms with Gasteiger partial charge in [-0.1, -0.05) is 32.0 Å². The highest BCUT2D eigenvalue weighted by atomic mass is 16.5. The molecule has 0 aromatic heterocycles. The highest BCUT2D eigenvalue weighted by molar-refractivity contribution is 5.94. The SMILES string of the molecule is CC(C)CCOc1cccc(NC(=O)CNc2ccccc2OCC2CCCO2)c1. The number of hydrogen-bond donors (Lipinski definition) is 2. The minimum absolute atomic E-state index is 0.136. The van der Waals surface area contributed by atoms with Crippen molar-refractivity contribution >= 4 is 17.3 Å². The summed E-state index contributed by atoms with van der Waals surface area (Å²) in [4.78, 5) is 12.4. The fourth-order valence-electron chi connectivity index (χ4n) is 3.15. The summed E-state index contributed by atoms with van der Waals surface area (Å²) in [5.41, 5.74) is 1.50. The van der Waals surface area contributed by atoms with Gasteiger partial charge in [-0.05, 0) is 49.4 Å². The molecule has 1 aliphatic heterocycles. The molecule has 6 heteroatoms. The zero-order valence-corrected chi connectivity index (χ0v) is 17.9. The van der Waals surface area contributed by atoms with Crippen LogP contribution in [0.4, 0.5) is 11.4 Å². The Morgan fingerprint density at radius 2 is 2.03 bits per heavy atom. The van der Waals surface area contributed by atoms with E-state index in [1.807, 2.05) is 48.5 Å². The van der Waals surface area contributed by atoms with Gasteiger partial charge in [0, 0.05) is 18.4 Å². The molecular formula is C24H32N2O4. The van der Waals surface area contributed by atoms with Gasteiger partial charge in [0.2, 0.25) is 5.91 Å². The van der Waals surface area contributed by atoms with Crippen LogP contribution >= 0.6 is 0 Å². The maximum atomic E-state index is 12.4. The van der Waals surface area contributed by atoms with E-state index in [0.717, 1.165) is 43.1 Å². The first-order valence-corrected chi connectivity index (χ1v) is 10.7. The Morgan fingerprint density at radius 3 is 2.83 bits per heavy atom. The zero-order chi connectivity index (χ0) is 21.2. The molecule has 0 aliphatic carbocycles. The van der Waals surface area contributed by atoms with Crippen molar-refractivity contribution in [3.05, 3.63) is 48.5 Å². The number of carbonyl (C=O) groups is 1. The van der Waals surface area contributed by atoms with Gasteiger partial charge >= 0.3 is 0 Å². The summed E-state index contributed by atoms with van der Waals surface area (Å²) in [6, 6.07) is 15.1. The lowest BCUT2D eigenvalue weighted by Gasteiger charge is -2.15. The van der Waals surface area contributed by atoms with Crippen molar-refractivity contribution in [2.45, 2.75) is 39.2 Å². The summed E-state index contributed by atoms with van der Waals surface area (Å²) in [6.45, 7) is 6.46. The van der Waals surface area contributed by atoms with Crippen molar-refractivity contribution < 1.29 is 19.0 Å². The van der Waals surface area contributed by atoms with Crippen LogP contribution in [0.2, 0.25) is 0 Å². The Labute approximate surface area is 178 Å². The molecule has 0 spiro atoms. The second kappa shape index (κ2) is 11.5. The summed E-state index contributed by atoms with van der Waals surface area (Å²) in [5.74, 6) is 1.94. The van der Waals surface area contributed by atoms with Gasteiger partial charge in [-0.25, -0.2) is 0 Å². The summed E-state index contributed by atoms with van der Waals surface area (Å²) in [6.07, 6.45) is 3.25. The van der Waals surface area contributed by atoms with E-state index in [1.54, 1.807) is 0 Å². The topological polar surface area (TPSA) is 68.8 Å². The first-order chi connectivity index (χ1) is 14.6. The summed E-state index contributed by atoms with van der Waals surface area (Å²) >= 11 is 0. The van der Waals surface area contributed by atoms with Gasteiger partial charge in [-0.15, -0.1) is 0 Å². The normalized spacial score (nSPS) is 15.8. The van der Waals surface area contributed by atoms with Crippen LogP contribution in [0.3, 0.4) is 0 Å². The Kier molecular flexibility index (Phi) is 8.39. The largest absolute Gasteiger partial charge is 0.494 e. The van der Waals surface area contributed by atoms with Crippen LogP contribution in [-0.2, 0) is 9.53 Å². The molecule has 3 rings (SSSR count). The number of ether oxygens (including phenoxy) is 3. The van der Waals surface area contributed by atoms with Crippen LogP contribution in [0.5, 0.6) is 11.5 Å². The average molecular weight is 413 g/mol. The maximum Gasteiger partial charge on any atom is 0.243 e. The van der Waals surface area contributed by atoms with Gasteiger partial charge < -0.3 is 24.8 Å². The maximum absolute atomic E-state index is 12.4. The van der Waals surface area contributed by atoms with Crippen LogP contribution in [-0.4, -0.2) is 38.4 Å². The second-order valence-corrected chi connectivity index (χ2v) is 7.90. The number of para-hydroxylation sites is 2. The smallest absolute Gasteiger partial charge is 0.243 e. The molecule has 1 unspecified atom stereocenters. The van der Waals surface area contributed by atoms with Gasteiger partial charge in [0.1, 0.15) is 18.1 Å². The molecule has 0 bridgehead atoms. The lowest BCUT2D eigenvalue weighted by molar-refractivity contribution is -0.114. The summed E-state index contributed by atoms with van der Waals surface area (Å²) in [7, 11) is 0. The molecule has 1 amide bonds. The third kappa shape index (κ3) is 7.26. The van der Waals surface area contributed by atoms with Gasteiger partial charge in [0.15, 0.2) is 0 Å². The van der Waals surface area contributed by atoms with Crippen LogP contribution in [0, 0.1) is 5.92 Å². The lowest BCUT2D eigenvalue weighted by Crippen LogP contribution is -2.22. The van der Waals surface area contributed by atoms with E-state index in [2.05, 4.69) is 24.5 Å². The van der Waals surface area contributed by atoms with Gasteiger partial charge in [0.05, 0.1) is 24.9 Å². The van der Waals surface area contributed by atoms with Crippen molar-refractivity contribution in [3.8, 4) is 11.5 Å². The number of rotatable bonds is 11. The number of anilines is 2. The van der Waals surface area contributed by atoms with Crippen molar-refractivity contribution in [2.75, 3.05) is 37.0 Å². The van der Waals surface area contributed by atoms with Crippen LogP contribution in [0.1, 0.15) is 33.1 Å². The number of amides is 1. The predicted octanol–water partition coefficient (Wildman–Crippen LogP) is 4.72. The molecule has 30 heavy (non-hydrogen) atoms. The monoisotopic (exact) mass is 412 g/mol. The molecular weight excluding hydrogens is 380 g/mol. The fraction of sp³-hybridized carbons (Fsp3) is 0.458. The van der Waals surface area contributed by atoms with E-state index < -0.39 is 0 Å². The van der Waals surface area contributed by atoms with E-state index in [1.165, 1.54) is 0 Å². The Hall–Kier alpha value is -2.73. The zero-order valence-electron chi connectivity index (χ0n) is 17.9. The molecule has 162 valence electrons. The van der Waals surface area contributed by atoms with Crippen LogP contribution in [0.15, 0.2) is 48.5 Å². The number of carbonyl (C=O) groups excluding carboxylic acids is 1. The van der Waals surface area contributed by atoms with E-state index in [0.29, 0.717) is 24.8 Å². The first kappa shape index (κ1) is 22.0. The average Bonchev–Trinajstić information content (AvgIpc) is 3.25. The Balaban J connectivity index is 1.47. The Bertz CT molecular complexity index is 803. The van der Waals surface area contributed by atoms with E-state index in [9.17, 15) is 4.79 Å². The first-order valence-electron chi connectivity index (χ1n) is 10.7. The molecule has 1 aliphatic rings. The van der Waals surface area contributed by atoms with Crippen molar-refractivity contribution in [1.29, 1.82) is 0 Å². The van der Waals surface area contributed by atoms with Crippen LogP contribution in [0.25, 0.3) is 0 Å². The predicted molar refractivity (Wildman–Crippen MR) is 119 cm³/mol. The molecule has 1 saturated heterocycles. The van der Waals surface area contributed by atoms with E-state index in [-0.39, 0.29) is 18.6 Å². The van der Waals surface area contributed by atoms with Gasteiger partial charge in [-0.3, -0.25) is 4.79 Å². The molecule has 2 aromatic carbocycles. The third-order valence-corrected chi connectivity index (χ3v) is 4.86. The highest BCUT2D eigenvalue weighted by Crippen LogP contribution is 2.25. The number of nitrogens with one attached hydrogen (secondary N) is 2. The molecule has 2 N–H and O–H groups in total. The molecule has 0 saturated carbocycles. The standard InChI is InChI=1S/C24H32N2O4/c1-18(2)12-14-29-20-8-5-7-19(15-20)26-24(27)16-25-22-10-3-4-11-23(22)30-17-21-9-6-13-28-21/h3-5,7-8,10-11,15,18,21,25H,6,9,12-14,16-17H2,1-2H3,(H,26,27). The molecule has 1 atom stereocenters. The second-order valence-electron chi connectivity index (χ2n) is 7.90. The minimum atomic E-state index is -0.136. The summed E-state index contributed by atoms with van der Waals surface area (Å²) in [5, 5.41) is 6.07. The fourth-order valence-corrected chi connectivity index (χ4v) is 3.15. The van der Waals surface area contributed by atoms with Crippen LogP contribution < -0.4 is 20.1 Å². The molecule has 2 aromatic rings. The van der Waals surface area contributed by atoms with Crippen molar-refractivity contribution in [1.82, 2.24) is 0 Å². The van der Waals surface area contributed by atoms with Gasteiger partial charge in [0.25, 0.3) is 0 Å². The minimum Gasteiger partial charge on any atom is -0.494 e. The van der Waals surface area contributed by atoms with Crippen molar-refractivity contribution in [3.63, 3.8) is 0 Å². The summed E-state index contributed by atoms with van der Waals surface area (Å²) < 4.78 is 17.3. The molecule has 6 nitrogen and oxygen atoms in total. The molecule has 1 heterocycles. The number of hydrogen-bond acceptors (Lipinski definition) is 5. The lowest BCUT2D eigenvalue weighted by atomic mass is 10.1. The molecule has 0 radical (unpaired) electrons. The third-order valence-electron chi connectivity index (χ3n) is 4.86. The van der Waals surface area contributed by atoms with E-state index in [4.69, 9.17) is 14.2 Å². The van der Waals surface area contributed by atoms with E-state index >= 15 is 0 Å². The quantitative estimate of drug-likeness (QED) is 0.559. The highest BCUT2D eigenvalue weighted by Gasteiger charge is 2.17.